The highest BCUT2D eigenvalue weighted by Gasteiger charge is 2.10. The molecule has 19 heavy (non-hydrogen) atoms. The van der Waals surface area contributed by atoms with Crippen LogP contribution in [0.2, 0.25) is 0 Å². The Morgan fingerprint density at radius 2 is 2.32 bits per heavy atom. The highest BCUT2D eigenvalue weighted by molar-refractivity contribution is 9.10. The molecule has 100 valence electrons. The zero-order chi connectivity index (χ0) is 13.7. The van der Waals surface area contributed by atoms with Gasteiger partial charge in [0.05, 0.1) is 9.40 Å². The van der Waals surface area contributed by atoms with Crippen LogP contribution in [0.25, 0.3) is 0 Å². The highest BCUT2D eigenvalue weighted by Crippen LogP contribution is 2.24. The van der Waals surface area contributed by atoms with E-state index in [1.807, 2.05) is 0 Å². The number of nitrogens with one attached hydrogen (secondary N) is 2. The van der Waals surface area contributed by atoms with Gasteiger partial charge in [-0.25, -0.2) is 9.97 Å². The fourth-order valence-electron chi connectivity index (χ4n) is 1.47. The van der Waals surface area contributed by atoms with E-state index in [4.69, 9.17) is 0 Å². The number of aromatic nitrogens is 4. The van der Waals surface area contributed by atoms with Crippen molar-refractivity contribution in [3.63, 3.8) is 0 Å². The van der Waals surface area contributed by atoms with Crippen molar-refractivity contribution in [2.75, 3.05) is 11.9 Å². The van der Waals surface area contributed by atoms with Crippen molar-refractivity contribution < 1.29 is 4.92 Å². The summed E-state index contributed by atoms with van der Waals surface area (Å²) in [4.78, 5) is 18.1. The Labute approximate surface area is 116 Å². The van der Waals surface area contributed by atoms with Crippen molar-refractivity contribution in [3.8, 4) is 0 Å². The van der Waals surface area contributed by atoms with E-state index in [2.05, 4.69) is 41.4 Å². The molecule has 2 N–H and O–H groups in total. The lowest BCUT2D eigenvalue weighted by Gasteiger charge is -2.06. The molecule has 9 heteroatoms. The number of rotatable bonds is 6. The zero-order valence-corrected chi connectivity index (χ0v) is 11.4. The van der Waals surface area contributed by atoms with Crippen LogP contribution in [-0.4, -0.2) is 31.6 Å². The minimum Gasteiger partial charge on any atom is -0.369 e. The van der Waals surface area contributed by atoms with Crippen molar-refractivity contribution in [2.24, 2.45) is 0 Å². The van der Waals surface area contributed by atoms with E-state index in [1.165, 1.54) is 18.6 Å². The van der Waals surface area contributed by atoms with Crippen LogP contribution in [0.15, 0.2) is 23.1 Å². The Morgan fingerprint density at radius 1 is 1.47 bits per heavy atom. The number of hydrogen-bond donors (Lipinski definition) is 2. The highest BCUT2D eigenvalue weighted by atomic mass is 79.9. The summed E-state index contributed by atoms with van der Waals surface area (Å²) in [5.74, 6) is 1.42. The monoisotopic (exact) mass is 326 g/mol. The van der Waals surface area contributed by atoms with Gasteiger partial charge in [0.15, 0.2) is 0 Å². The second kappa shape index (κ2) is 6.23. The van der Waals surface area contributed by atoms with Crippen molar-refractivity contribution in [3.05, 3.63) is 39.0 Å². The lowest BCUT2D eigenvalue weighted by Crippen LogP contribution is -2.06. The standard InChI is InChI=1S/C10H11BrN6O2/c11-8-4-7(17(18)19)5-13-10(8)12-3-1-2-9-14-6-15-16-9/h4-6H,1-3H2,(H,12,13)(H,14,15,16). The first-order valence-corrected chi connectivity index (χ1v) is 6.34. The van der Waals surface area contributed by atoms with Gasteiger partial charge in [-0.15, -0.1) is 0 Å². The van der Waals surface area contributed by atoms with E-state index >= 15 is 0 Å². The van der Waals surface area contributed by atoms with Gasteiger partial charge in [0.25, 0.3) is 5.69 Å². The second-order valence-electron chi connectivity index (χ2n) is 3.74. The molecule has 0 spiro atoms. The van der Waals surface area contributed by atoms with Gasteiger partial charge < -0.3 is 5.32 Å². The summed E-state index contributed by atoms with van der Waals surface area (Å²) in [6, 6.07) is 1.42. The summed E-state index contributed by atoms with van der Waals surface area (Å²) < 4.78 is 0.571. The summed E-state index contributed by atoms with van der Waals surface area (Å²) in [5, 5.41) is 20.2. The number of pyridine rings is 1. The van der Waals surface area contributed by atoms with Crippen LogP contribution >= 0.6 is 15.9 Å². The number of anilines is 1. The molecular formula is C10H11BrN6O2. The Kier molecular flexibility index (Phi) is 4.39. The predicted octanol–water partition coefficient (Wildman–Crippen LogP) is 1.92. The third-order valence-corrected chi connectivity index (χ3v) is 2.99. The number of aromatic amines is 1. The molecule has 0 fully saturated rings. The molecular weight excluding hydrogens is 316 g/mol. The first kappa shape index (κ1) is 13.4. The van der Waals surface area contributed by atoms with E-state index in [0.717, 1.165) is 18.7 Å². The van der Waals surface area contributed by atoms with Crippen molar-refractivity contribution in [1.82, 2.24) is 20.2 Å². The van der Waals surface area contributed by atoms with Crippen LogP contribution in [0.4, 0.5) is 11.5 Å². The largest absolute Gasteiger partial charge is 0.369 e. The predicted molar refractivity (Wildman–Crippen MR) is 71.8 cm³/mol. The van der Waals surface area contributed by atoms with Gasteiger partial charge in [0.1, 0.15) is 24.2 Å². The first-order chi connectivity index (χ1) is 9.16. The van der Waals surface area contributed by atoms with E-state index < -0.39 is 4.92 Å². The van der Waals surface area contributed by atoms with Gasteiger partial charge in [-0.05, 0) is 22.4 Å². The van der Waals surface area contributed by atoms with Crippen molar-refractivity contribution in [1.29, 1.82) is 0 Å². The van der Waals surface area contributed by atoms with Gasteiger partial charge in [0.2, 0.25) is 0 Å². The Balaban J connectivity index is 1.84. The molecule has 0 saturated carbocycles. The SMILES string of the molecule is O=[N+]([O-])c1cnc(NCCCc2ncn[nH]2)c(Br)c1. The maximum Gasteiger partial charge on any atom is 0.288 e. The molecule has 0 bridgehead atoms. The van der Waals surface area contributed by atoms with Gasteiger partial charge in [-0.2, -0.15) is 5.10 Å². The molecule has 0 unspecified atom stereocenters. The average Bonchev–Trinajstić information content (AvgIpc) is 2.89. The van der Waals surface area contributed by atoms with Crippen LogP contribution in [0, 0.1) is 10.1 Å². The Morgan fingerprint density at radius 3 is 2.95 bits per heavy atom. The molecule has 0 aliphatic heterocycles. The van der Waals surface area contributed by atoms with Gasteiger partial charge >= 0.3 is 0 Å². The van der Waals surface area contributed by atoms with Gasteiger partial charge in [-0.3, -0.25) is 15.2 Å². The number of nitrogens with zero attached hydrogens (tertiary/aromatic N) is 4. The smallest absolute Gasteiger partial charge is 0.288 e. The maximum atomic E-state index is 10.6. The number of nitro groups is 1. The molecule has 2 heterocycles. The molecule has 0 amide bonds. The summed E-state index contributed by atoms with van der Waals surface area (Å²) in [7, 11) is 0. The summed E-state index contributed by atoms with van der Waals surface area (Å²) in [6.45, 7) is 0.685. The number of halogens is 1. The van der Waals surface area contributed by atoms with Gasteiger partial charge in [-0.1, -0.05) is 0 Å². The van der Waals surface area contributed by atoms with Crippen molar-refractivity contribution in [2.45, 2.75) is 12.8 Å². The molecule has 2 aromatic rings. The number of aryl methyl sites for hydroxylation is 1. The van der Waals surface area contributed by atoms with Crippen LogP contribution in [-0.2, 0) is 6.42 Å². The van der Waals surface area contributed by atoms with E-state index in [1.54, 1.807) is 0 Å². The fourth-order valence-corrected chi connectivity index (χ4v) is 1.95. The zero-order valence-electron chi connectivity index (χ0n) is 9.84. The lowest BCUT2D eigenvalue weighted by molar-refractivity contribution is -0.385. The third-order valence-electron chi connectivity index (χ3n) is 2.39. The first-order valence-electron chi connectivity index (χ1n) is 5.55. The van der Waals surface area contributed by atoms with E-state index in [0.29, 0.717) is 16.8 Å². The molecule has 0 aliphatic rings. The molecule has 0 saturated heterocycles. The minimum absolute atomic E-state index is 0.0425. The third kappa shape index (κ3) is 3.71. The number of hydrogen-bond acceptors (Lipinski definition) is 6. The average molecular weight is 327 g/mol. The topological polar surface area (TPSA) is 110 Å². The summed E-state index contributed by atoms with van der Waals surface area (Å²) in [6.07, 6.45) is 4.32. The Bertz CT molecular complexity index is 559. The lowest BCUT2D eigenvalue weighted by atomic mass is 10.3. The molecule has 8 nitrogen and oxygen atoms in total. The molecule has 0 radical (unpaired) electrons. The summed E-state index contributed by atoms with van der Waals surface area (Å²) >= 11 is 3.25. The van der Waals surface area contributed by atoms with Crippen molar-refractivity contribution >= 4 is 27.4 Å². The van der Waals surface area contributed by atoms with E-state index in [-0.39, 0.29) is 5.69 Å². The summed E-state index contributed by atoms with van der Waals surface area (Å²) in [5.41, 5.74) is -0.0425. The number of H-pyrrole nitrogens is 1. The normalized spacial score (nSPS) is 10.4. The molecule has 2 aromatic heterocycles. The minimum atomic E-state index is -0.481. The van der Waals surface area contributed by atoms with Crippen LogP contribution in [0.5, 0.6) is 0 Å². The Hall–Kier alpha value is -2.03. The quantitative estimate of drug-likeness (QED) is 0.476. The van der Waals surface area contributed by atoms with Crippen LogP contribution in [0.1, 0.15) is 12.2 Å². The maximum absolute atomic E-state index is 10.6. The van der Waals surface area contributed by atoms with Crippen LogP contribution in [0.3, 0.4) is 0 Å². The fraction of sp³-hybridized carbons (Fsp3) is 0.300. The second-order valence-corrected chi connectivity index (χ2v) is 4.60. The molecule has 2 rings (SSSR count). The molecule has 0 aromatic carbocycles. The van der Waals surface area contributed by atoms with Crippen LogP contribution < -0.4 is 5.32 Å². The molecule has 0 aliphatic carbocycles. The molecule has 0 atom stereocenters. The van der Waals surface area contributed by atoms with E-state index in [9.17, 15) is 10.1 Å². The van der Waals surface area contributed by atoms with Gasteiger partial charge in [0, 0.05) is 19.0 Å².